The molecular formula is C12H15NO2S. The quantitative estimate of drug-likeness (QED) is 0.851. The van der Waals surface area contributed by atoms with Crippen LogP contribution in [-0.4, -0.2) is 25.2 Å². The van der Waals surface area contributed by atoms with Gasteiger partial charge in [0.2, 0.25) is 0 Å². The fraction of sp³-hybridized carbons (Fsp3) is 0.583. The number of carbonyl (C=O) groups excluding carboxylic acids is 1. The van der Waals surface area contributed by atoms with E-state index < -0.39 is 0 Å². The van der Waals surface area contributed by atoms with Crippen molar-refractivity contribution in [2.24, 2.45) is 0 Å². The molecule has 2 heterocycles. The van der Waals surface area contributed by atoms with Gasteiger partial charge in [0.25, 0.3) is 5.91 Å². The first-order valence-electron chi connectivity index (χ1n) is 5.82. The molecule has 1 aromatic rings. The molecule has 1 N–H and O–H groups in total. The second kappa shape index (κ2) is 4.18. The topological polar surface area (TPSA) is 38.3 Å². The maximum Gasteiger partial charge on any atom is 0.252 e. The molecule has 3 rings (SSSR count). The number of amides is 1. The van der Waals surface area contributed by atoms with E-state index in [1.54, 1.807) is 11.3 Å². The number of ether oxygens (including phenoxy) is 1. The average Bonchev–Trinajstić information content (AvgIpc) is 2.67. The monoisotopic (exact) mass is 237 g/mol. The van der Waals surface area contributed by atoms with Crippen molar-refractivity contribution in [2.75, 3.05) is 13.2 Å². The van der Waals surface area contributed by atoms with Gasteiger partial charge in [0, 0.05) is 10.3 Å². The van der Waals surface area contributed by atoms with Gasteiger partial charge in [0.15, 0.2) is 0 Å². The van der Waals surface area contributed by atoms with Crippen molar-refractivity contribution in [1.82, 2.24) is 5.32 Å². The summed E-state index contributed by atoms with van der Waals surface area (Å²) in [6.45, 7) is 1.33. The van der Waals surface area contributed by atoms with Crippen LogP contribution in [0, 0.1) is 0 Å². The minimum absolute atomic E-state index is 0.0905. The molecule has 1 aliphatic heterocycles. The van der Waals surface area contributed by atoms with Gasteiger partial charge < -0.3 is 10.1 Å². The summed E-state index contributed by atoms with van der Waals surface area (Å²) >= 11 is 1.74. The number of nitrogens with one attached hydrogen (secondary N) is 1. The molecule has 86 valence electrons. The highest BCUT2D eigenvalue weighted by molar-refractivity contribution is 7.10. The summed E-state index contributed by atoms with van der Waals surface area (Å²) in [5.41, 5.74) is 2.21. The minimum atomic E-state index is 0.0905. The Morgan fingerprint density at radius 1 is 1.38 bits per heavy atom. The Bertz CT molecular complexity index is 409. The molecule has 2 aliphatic rings. The highest BCUT2D eigenvalue weighted by Gasteiger charge is 2.24. The van der Waals surface area contributed by atoms with Crippen molar-refractivity contribution in [3.05, 3.63) is 21.4 Å². The molecule has 0 aromatic carbocycles. The van der Waals surface area contributed by atoms with Crippen molar-refractivity contribution in [1.29, 1.82) is 0 Å². The van der Waals surface area contributed by atoms with E-state index in [0.717, 1.165) is 18.4 Å². The standard InChI is InChI=1S/C12H15NO2S/c14-12(13-8-5-15-6-8)10-7-16-11-4-2-1-3-9(10)11/h7-8H,1-6H2,(H,13,14). The molecule has 0 radical (unpaired) electrons. The van der Waals surface area contributed by atoms with E-state index in [1.807, 2.05) is 5.38 Å². The number of thiophene rings is 1. The fourth-order valence-electron chi connectivity index (χ4n) is 2.27. The molecule has 16 heavy (non-hydrogen) atoms. The third-order valence-electron chi connectivity index (χ3n) is 3.28. The van der Waals surface area contributed by atoms with E-state index in [2.05, 4.69) is 5.32 Å². The predicted molar refractivity (Wildman–Crippen MR) is 63.0 cm³/mol. The molecule has 1 fully saturated rings. The zero-order valence-corrected chi connectivity index (χ0v) is 9.94. The van der Waals surface area contributed by atoms with Crippen molar-refractivity contribution in [2.45, 2.75) is 31.7 Å². The summed E-state index contributed by atoms with van der Waals surface area (Å²) < 4.78 is 5.05. The third kappa shape index (κ3) is 1.76. The summed E-state index contributed by atoms with van der Waals surface area (Å²) in [4.78, 5) is 13.4. The maximum absolute atomic E-state index is 12.0. The molecule has 1 saturated heterocycles. The molecule has 0 spiro atoms. The average molecular weight is 237 g/mol. The Morgan fingerprint density at radius 3 is 2.94 bits per heavy atom. The Labute approximate surface area is 98.8 Å². The lowest BCUT2D eigenvalue weighted by Gasteiger charge is -2.27. The number of fused-ring (bicyclic) bond motifs is 1. The van der Waals surface area contributed by atoms with Crippen molar-refractivity contribution >= 4 is 17.2 Å². The lowest BCUT2D eigenvalue weighted by atomic mass is 9.95. The number of carbonyl (C=O) groups is 1. The Balaban J connectivity index is 1.77. The van der Waals surface area contributed by atoms with Crippen LogP contribution in [0.5, 0.6) is 0 Å². The van der Waals surface area contributed by atoms with Crippen molar-refractivity contribution in [3.63, 3.8) is 0 Å². The fourth-order valence-corrected chi connectivity index (χ4v) is 3.39. The molecule has 0 bridgehead atoms. The molecule has 0 atom stereocenters. The summed E-state index contributed by atoms with van der Waals surface area (Å²) in [7, 11) is 0. The van der Waals surface area contributed by atoms with Crippen LogP contribution in [0.25, 0.3) is 0 Å². The number of rotatable bonds is 2. The van der Waals surface area contributed by atoms with Gasteiger partial charge in [-0.2, -0.15) is 0 Å². The van der Waals surface area contributed by atoms with Gasteiger partial charge in [-0.25, -0.2) is 0 Å². The molecule has 1 amide bonds. The SMILES string of the molecule is O=C(NC1COC1)c1csc2c1CCCC2. The minimum Gasteiger partial charge on any atom is -0.377 e. The van der Waals surface area contributed by atoms with Crippen LogP contribution >= 0.6 is 11.3 Å². The number of hydrogen-bond acceptors (Lipinski definition) is 3. The second-order valence-corrected chi connectivity index (χ2v) is 5.43. The molecular weight excluding hydrogens is 222 g/mol. The Morgan fingerprint density at radius 2 is 2.19 bits per heavy atom. The van der Waals surface area contributed by atoms with E-state index in [0.29, 0.717) is 13.2 Å². The Kier molecular flexibility index (Phi) is 2.69. The van der Waals surface area contributed by atoms with Gasteiger partial charge in [0.05, 0.1) is 24.8 Å². The van der Waals surface area contributed by atoms with Crippen LogP contribution in [0.1, 0.15) is 33.6 Å². The van der Waals surface area contributed by atoms with E-state index in [-0.39, 0.29) is 11.9 Å². The molecule has 3 nitrogen and oxygen atoms in total. The maximum atomic E-state index is 12.0. The number of hydrogen-bond donors (Lipinski definition) is 1. The van der Waals surface area contributed by atoms with Gasteiger partial charge in [-0.15, -0.1) is 11.3 Å². The van der Waals surface area contributed by atoms with E-state index >= 15 is 0 Å². The van der Waals surface area contributed by atoms with E-state index in [1.165, 1.54) is 23.3 Å². The molecule has 1 aliphatic carbocycles. The Hall–Kier alpha value is -0.870. The van der Waals surface area contributed by atoms with Crippen LogP contribution < -0.4 is 5.32 Å². The van der Waals surface area contributed by atoms with Gasteiger partial charge in [-0.1, -0.05) is 0 Å². The number of aryl methyl sites for hydroxylation is 1. The van der Waals surface area contributed by atoms with Crippen LogP contribution in [-0.2, 0) is 17.6 Å². The lowest BCUT2D eigenvalue weighted by molar-refractivity contribution is -0.00347. The van der Waals surface area contributed by atoms with Crippen LogP contribution in [0.15, 0.2) is 5.38 Å². The highest BCUT2D eigenvalue weighted by atomic mass is 32.1. The first kappa shape index (κ1) is 10.3. The third-order valence-corrected chi connectivity index (χ3v) is 4.37. The van der Waals surface area contributed by atoms with Crippen molar-refractivity contribution in [3.8, 4) is 0 Å². The highest BCUT2D eigenvalue weighted by Crippen LogP contribution is 2.30. The van der Waals surface area contributed by atoms with Gasteiger partial charge in [0.1, 0.15) is 0 Å². The van der Waals surface area contributed by atoms with Crippen LogP contribution in [0.2, 0.25) is 0 Å². The zero-order chi connectivity index (χ0) is 11.0. The second-order valence-electron chi connectivity index (χ2n) is 4.47. The summed E-state index contributed by atoms with van der Waals surface area (Å²) in [6, 6.07) is 0.228. The summed E-state index contributed by atoms with van der Waals surface area (Å²) in [5, 5.41) is 5.03. The zero-order valence-electron chi connectivity index (χ0n) is 9.12. The van der Waals surface area contributed by atoms with Gasteiger partial charge >= 0.3 is 0 Å². The molecule has 0 unspecified atom stereocenters. The van der Waals surface area contributed by atoms with Gasteiger partial charge in [-0.05, 0) is 31.2 Å². The molecule has 1 aromatic heterocycles. The predicted octanol–water partition coefficient (Wildman–Crippen LogP) is 1.76. The first-order valence-corrected chi connectivity index (χ1v) is 6.70. The molecule has 0 saturated carbocycles. The lowest BCUT2D eigenvalue weighted by Crippen LogP contribution is -2.48. The van der Waals surface area contributed by atoms with Crippen LogP contribution in [0.4, 0.5) is 0 Å². The largest absolute Gasteiger partial charge is 0.377 e. The summed E-state index contributed by atoms with van der Waals surface area (Å²) in [6.07, 6.45) is 4.71. The summed E-state index contributed by atoms with van der Waals surface area (Å²) in [5.74, 6) is 0.0905. The normalized spacial score (nSPS) is 20.0. The smallest absolute Gasteiger partial charge is 0.252 e. The first-order chi connectivity index (χ1) is 7.84. The van der Waals surface area contributed by atoms with Crippen molar-refractivity contribution < 1.29 is 9.53 Å². The van der Waals surface area contributed by atoms with E-state index in [4.69, 9.17) is 4.74 Å². The molecule has 4 heteroatoms. The van der Waals surface area contributed by atoms with E-state index in [9.17, 15) is 4.79 Å². The van der Waals surface area contributed by atoms with Gasteiger partial charge in [-0.3, -0.25) is 4.79 Å². The van der Waals surface area contributed by atoms with Crippen LogP contribution in [0.3, 0.4) is 0 Å².